The van der Waals surface area contributed by atoms with E-state index in [1.807, 2.05) is 12.1 Å². The summed E-state index contributed by atoms with van der Waals surface area (Å²) >= 11 is 0. The Morgan fingerprint density at radius 3 is 2.75 bits per heavy atom. The molecule has 2 rings (SSSR count). The Hall–Kier alpha value is -0.760. The highest BCUT2D eigenvalue weighted by atomic mass is 16.4. The maximum Gasteiger partial charge on any atom is 0.135 e. The molecule has 0 spiro atoms. The Bertz CT molecular complexity index is 329. The van der Waals surface area contributed by atoms with Gasteiger partial charge >= 0.3 is 0 Å². The zero-order chi connectivity index (χ0) is 11.8. The normalized spacial score (nSPS) is 35.6. The van der Waals surface area contributed by atoms with Crippen molar-refractivity contribution in [2.24, 2.45) is 17.8 Å². The monoisotopic (exact) mass is 222 g/mol. The van der Waals surface area contributed by atoms with Crippen LogP contribution in [0.25, 0.3) is 0 Å². The molecule has 0 amide bonds. The molecule has 0 saturated heterocycles. The third-order valence-corrected chi connectivity index (χ3v) is 4.00. The predicted octanol–water partition coefficient (Wildman–Crippen LogP) is 3.56. The zero-order valence-electron chi connectivity index (χ0n) is 10.4. The van der Waals surface area contributed by atoms with Gasteiger partial charge in [-0.2, -0.15) is 0 Å². The van der Waals surface area contributed by atoms with Crippen molar-refractivity contribution in [3.8, 4) is 0 Å². The third-order valence-electron chi connectivity index (χ3n) is 4.00. The van der Waals surface area contributed by atoms with E-state index >= 15 is 0 Å². The quantitative estimate of drug-likeness (QED) is 0.830. The molecule has 1 N–H and O–H groups in total. The molecule has 0 aromatic carbocycles. The van der Waals surface area contributed by atoms with E-state index in [1.165, 1.54) is 6.42 Å². The summed E-state index contributed by atoms with van der Waals surface area (Å²) in [6, 6.07) is 3.78. The number of aliphatic hydroxyl groups is 1. The van der Waals surface area contributed by atoms with E-state index < -0.39 is 5.60 Å². The van der Waals surface area contributed by atoms with Crippen LogP contribution >= 0.6 is 0 Å². The van der Waals surface area contributed by atoms with Gasteiger partial charge in [0.05, 0.1) is 6.26 Å². The van der Waals surface area contributed by atoms with Crippen molar-refractivity contribution < 1.29 is 9.52 Å². The van der Waals surface area contributed by atoms with E-state index in [0.717, 1.165) is 18.6 Å². The van der Waals surface area contributed by atoms with Gasteiger partial charge in [-0.05, 0) is 42.7 Å². The second-order valence-electron chi connectivity index (χ2n) is 5.64. The van der Waals surface area contributed by atoms with Crippen molar-refractivity contribution >= 4 is 0 Å². The van der Waals surface area contributed by atoms with E-state index in [0.29, 0.717) is 17.8 Å². The predicted molar refractivity (Wildman–Crippen MR) is 63.9 cm³/mol. The number of hydrogen-bond acceptors (Lipinski definition) is 2. The Kier molecular flexibility index (Phi) is 3.11. The molecule has 0 radical (unpaired) electrons. The van der Waals surface area contributed by atoms with Crippen LogP contribution in [0, 0.1) is 17.8 Å². The lowest BCUT2D eigenvalue weighted by Gasteiger charge is -2.43. The second-order valence-corrected chi connectivity index (χ2v) is 5.64. The van der Waals surface area contributed by atoms with Crippen LogP contribution < -0.4 is 0 Å². The summed E-state index contributed by atoms with van der Waals surface area (Å²) in [7, 11) is 0. The lowest BCUT2D eigenvalue weighted by atomic mass is 9.66. The first kappa shape index (κ1) is 11.7. The van der Waals surface area contributed by atoms with Crippen LogP contribution in [0.4, 0.5) is 0 Å². The van der Waals surface area contributed by atoms with Crippen molar-refractivity contribution in [3.63, 3.8) is 0 Å². The highest BCUT2D eigenvalue weighted by molar-refractivity contribution is 5.13. The van der Waals surface area contributed by atoms with Crippen LogP contribution in [0.1, 0.15) is 45.8 Å². The molecule has 2 heteroatoms. The van der Waals surface area contributed by atoms with Gasteiger partial charge in [0, 0.05) is 0 Å². The van der Waals surface area contributed by atoms with Crippen molar-refractivity contribution in [3.05, 3.63) is 24.2 Å². The van der Waals surface area contributed by atoms with E-state index in [4.69, 9.17) is 4.42 Å². The maximum absolute atomic E-state index is 10.9. The largest absolute Gasteiger partial charge is 0.466 e. The standard InChI is InChI=1S/C14H22O2/c1-10(2)12-7-6-11(3)9-14(12,15)13-5-4-8-16-13/h4-5,8,10-12,15H,6-7,9H2,1-3H3/t11-,12+,14+/m1/s1. The Labute approximate surface area is 97.7 Å². The van der Waals surface area contributed by atoms with Gasteiger partial charge in [0.25, 0.3) is 0 Å². The molecule has 0 unspecified atom stereocenters. The molecule has 1 aliphatic carbocycles. The maximum atomic E-state index is 10.9. The van der Waals surface area contributed by atoms with Crippen LogP contribution in [0.15, 0.2) is 22.8 Å². The first-order valence-electron chi connectivity index (χ1n) is 6.30. The minimum Gasteiger partial charge on any atom is -0.466 e. The van der Waals surface area contributed by atoms with Crippen LogP contribution in [0.2, 0.25) is 0 Å². The first-order chi connectivity index (χ1) is 7.54. The molecule has 0 bridgehead atoms. The highest BCUT2D eigenvalue weighted by Crippen LogP contribution is 2.47. The Morgan fingerprint density at radius 2 is 2.19 bits per heavy atom. The molecule has 90 valence electrons. The first-order valence-corrected chi connectivity index (χ1v) is 6.30. The fourth-order valence-electron chi connectivity index (χ4n) is 3.18. The molecule has 1 aliphatic rings. The van der Waals surface area contributed by atoms with E-state index in [2.05, 4.69) is 20.8 Å². The van der Waals surface area contributed by atoms with Gasteiger partial charge in [0.15, 0.2) is 0 Å². The zero-order valence-corrected chi connectivity index (χ0v) is 10.4. The van der Waals surface area contributed by atoms with Crippen molar-refractivity contribution in [1.82, 2.24) is 0 Å². The summed E-state index contributed by atoms with van der Waals surface area (Å²) < 4.78 is 5.45. The van der Waals surface area contributed by atoms with E-state index in [-0.39, 0.29) is 0 Å². The summed E-state index contributed by atoms with van der Waals surface area (Å²) in [6.45, 7) is 6.59. The van der Waals surface area contributed by atoms with Gasteiger partial charge in [-0.3, -0.25) is 0 Å². The summed E-state index contributed by atoms with van der Waals surface area (Å²) in [5.41, 5.74) is -0.755. The molecular formula is C14H22O2. The number of furan rings is 1. The molecule has 1 aromatic heterocycles. The molecule has 16 heavy (non-hydrogen) atoms. The topological polar surface area (TPSA) is 33.4 Å². The SMILES string of the molecule is CC(C)[C@@H]1CC[C@@H](C)C[C@@]1(O)c1ccco1. The van der Waals surface area contributed by atoms with Gasteiger partial charge < -0.3 is 9.52 Å². The van der Waals surface area contributed by atoms with Gasteiger partial charge in [0.2, 0.25) is 0 Å². The summed E-state index contributed by atoms with van der Waals surface area (Å²) in [5.74, 6) is 2.13. The van der Waals surface area contributed by atoms with Crippen molar-refractivity contribution in [2.75, 3.05) is 0 Å². The molecular weight excluding hydrogens is 200 g/mol. The summed E-state index contributed by atoms with van der Waals surface area (Å²) in [6.07, 6.45) is 4.79. The van der Waals surface area contributed by atoms with Crippen LogP contribution in [-0.4, -0.2) is 5.11 Å². The van der Waals surface area contributed by atoms with E-state index in [1.54, 1.807) is 6.26 Å². The lowest BCUT2D eigenvalue weighted by Crippen LogP contribution is -2.42. The molecule has 3 atom stereocenters. The van der Waals surface area contributed by atoms with Crippen LogP contribution in [-0.2, 0) is 5.60 Å². The second kappa shape index (κ2) is 4.25. The average molecular weight is 222 g/mol. The average Bonchev–Trinajstić information content (AvgIpc) is 2.69. The molecule has 1 saturated carbocycles. The van der Waals surface area contributed by atoms with Crippen LogP contribution in [0.5, 0.6) is 0 Å². The minimum absolute atomic E-state index is 0.315. The molecule has 0 aliphatic heterocycles. The molecule has 1 heterocycles. The van der Waals surface area contributed by atoms with Crippen LogP contribution in [0.3, 0.4) is 0 Å². The van der Waals surface area contributed by atoms with Gasteiger partial charge in [-0.1, -0.05) is 27.2 Å². The highest BCUT2D eigenvalue weighted by Gasteiger charge is 2.45. The number of hydrogen-bond donors (Lipinski definition) is 1. The smallest absolute Gasteiger partial charge is 0.135 e. The molecule has 1 fully saturated rings. The fraction of sp³-hybridized carbons (Fsp3) is 0.714. The Morgan fingerprint density at radius 1 is 1.44 bits per heavy atom. The Balaban J connectivity index is 2.32. The molecule has 2 nitrogen and oxygen atoms in total. The van der Waals surface area contributed by atoms with Crippen molar-refractivity contribution in [1.29, 1.82) is 0 Å². The summed E-state index contributed by atoms with van der Waals surface area (Å²) in [4.78, 5) is 0. The fourth-order valence-corrected chi connectivity index (χ4v) is 3.18. The summed E-state index contributed by atoms with van der Waals surface area (Å²) in [5, 5.41) is 10.9. The van der Waals surface area contributed by atoms with Gasteiger partial charge in [-0.25, -0.2) is 0 Å². The lowest BCUT2D eigenvalue weighted by molar-refractivity contribution is -0.101. The number of rotatable bonds is 2. The van der Waals surface area contributed by atoms with Crippen molar-refractivity contribution in [2.45, 2.75) is 45.6 Å². The van der Waals surface area contributed by atoms with E-state index in [9.17, 15) is 5.11 Å². The van der Waals surface area contributed by atoms with Gasteiger partial charge in [-0.15, -0.1) is 0 Å². The third kappa shape index (κ3) is 1.91. The molecule has 1 aromatic rings. The minimum atomic E-state index is -0.755. The van der Waals surface area contributed by atoms with Gasteiger partial charge in [0.1, 0.15) is 11.4 Å².